The third-order valence-electron chi connectivity index (χ3n) is 2.59. The summed E-state index contributed by atoms with van der Waals surface area (Å²) in [6.45, 7) is 1.86. The van der Waals surface area contributed by atoms with E-state index in [9.17, 15) is 14.0 Å². The lowest BCUT2D eigenvalue weighted by Gasteiger charge is -2.15. The van der Waals surface area contributed by atoms with Crippen molar-refractivity contribution >= 4 is 29.4 Å². The summed E-state index contributed by atoms with van der Waals surface area (Å²) < 4.78 is 13.0. The summed E-state index contributed by atoms with van der Waals surface area (Å²) in [5.74, 6) is -1.05. The molecule has 0 aliphatic heterocycles. The molecule has 3 N–H and O–H groups in total. The van der Waals surface area contributed by atoms with E-state index in [-0.39, 0.29) is 17.3 Å². The lowest BCUT2D eigenvalue weighted by Crippen LogP contribution is -2.36. The first-order valence-corrected chi connectivity index (χ1v) is 7.42. The van der Waals surface area contributed by atoms with Gasteiger partial charge in [-0.05, 0) is 43.6 Å². The molecule has 0 saturated heterocycles. The average molecular weight is 300 g/mol. The van der Waals surface area contributed by atoms with Crippen LogP contribution < -0.4 is 10.6 Å². The lowest BCUT2D eigenvalue weighted by atomic mass is 10.1. The smallest absolute Gasteiger partial charge is 0.337 e. The van der Waals surface area contributed by atoms with Gasteiger partial charge >= 0.3 is 12.0 Å². The number of rotatable bonds is 6. The van der Waals surface area contributed by atoms with E-state index in [1.54, 1.807) is 11.8 Å². The van der Waals surface area contributed by atoms with Crippen molar-refractivity contribution in [3.05, 3.63) is 29.6 Å². The number of amides is 2. The second-order valence-electron chi connectivity index (χ2n) is 4.28. The monoisotopic (exact) mass is 300 g/mol. The van der Waals surface area contributed by atoms with Crippen LogP contribution in [-0.2, 0) is 0 Å². The van der Waals surface area contributed by atoms with Crippen LogP contribution >= 0.6 is 11.8 Å². The minimum atomic E-state index is -1.30. The molecule has 1 atom stereocenters. The number of carboxylic acids is 1. The van der Waals surface area contributed by atoms with Gasteiger partial charge in [-0.2, -0.15) is 11.8 Å². The number of hydrogen-bond acceptors (Lipinski definition) is 3. The zero-order valence-electron chi connectivity index (χ0n) is 11.3. The minimum absolute atomic E-state index is 0.0313. The molecule has 1 aromatic rings. The van der Waals surface area contributed by atoms with Crippen molar-refractivity contribution in [2.45, 2.75) is 19.4 Å². The second kappa shape index (κ2) is 7.74. The van der Waals surface area contributed by atoms with Gasteiger partial charge in [-0.3, -0.25) is 0 Å². The van der Waals surface area contributed by atoms with Gasteiger partial charge in [-0.1, -0.05) is 0 Å². The molecule has 0 saturated carbocycles. The van der Waals surface area contributed by atoms with Gasteiger partial charge in [0.2, 0.25) is 0 Å². The molecule has 0 aromatic heterocycles. The number of benzene rings is 1. The van der Waals surface area contributed by atoms with Gasteiger partial charge in [0, 0.05) is 6.04 Å². The van der Waals surface area contributed by atoms with Crippen LogP contribution in [0.4, 0.5) is 14.9 Å². The number of nitrogens with one attached hydrogen (secondary N) is 2. The Morgan fingerprint density at radius 2 is 2.15 bits per heavy atom. The van der Waals surface area contributed by atoms with Crippen LogP contribution in [0.15, 0.2) is 18.2 Å². The quantitative estimate of drug-likeness (QED) is 0.755. The number of halogens is 1. The second-order valence-corrected chi connectivity index (χ2v) is 5.26. The summed E-state index contributed by atoms with van der Waals surface area (Å²) in [6, 6.07) is 2.66. The predicted molar refractivity (Wildman–Crippen MR) is 78.0 cm³/mol. The number of aromatic carboxylic acids is 1. The van der Waals surface area contributed by atoms with Crippen molar-refractivity contribution in [2.75, 3.05) is 17.3 Å². The number of thioether (sulfide) groups is 1. The Morgan fingerprint density at radius 3 is 2.75 bits per heavy atom. The number of carbonyl (C=O) groups is 2. The molecule has 0 fully saturated rings. The Balaban J connectivity index is 2.68. The highest BCUT2D eigenvalue weighted by Gasteiger charge is 2.14. The molecule has 5 nitrogen and oxygen atoms in total. The molecule has 20 heavy (non-hydrogen) atoms. The van der Waals surface area contributed by atoms with Gasteiger partial charge in [-0.15, -0.1) is 0 Å². The zero-order valence-corrected chi connectivity index (χ0v) is 12.1. The Bertz CT molecular complexity index is 497. The van der Waals surface area contributed by atoms with Crippen LogP contribution in [0.25, 0.3) is 0 Å². The summed E-state index contributed by atoms with van der Waals surface area (Å²) in [5, 5.41) is 14.1. The molecule has 0 radical (unpaired) electrons. The van der Waals surface area contributed by atoms with Crippen molar-refractivity contribution < 1.29 is 19.1 Å². The van der Waals surface area contributed by atoms with Gasteiger partial charge in [0.1, 0.15) is 5.82 Å². The maximum atomic E-state index is 13.0. The van der Waals surface area contributed by atoms with Crippen molar-refractivity contribution in [1.29, 1.82) is 0 Å². The summed E-state index contributed by atoms with van der Waals surface area (Å²) >= 11 is 1.68. The first-order valence-electron chi connectivity index (χ1n) is 6.03. The van der Waals surface area contributed by atoms with Gasteiger partial charge < -0.3 is 15.7 Å². The van der Waals surface area contributed by atoms with Crippen LogP contribution in [0.5, 0.6) is 0 Å². The Labute approximate surface area is 120 Å². The largest absolute Gasteiger partial charge is 0.478 e. The fourth-order valence-corrected chi connectivity index (χ4v) is 2.14. The molecule has 0 bridgehead atoms. The number of anilines is 1. The number of carbonyl (C=O) groups excluding carboxylic acids is 1. The van der Waals surface area contributed by atoms with Crippen molar-refractivity contribution in [3.63, 3.8) is 0 Å². The van der Waals surface area contributed by atoms with Gasteiger partial charge in [0.15, 0.2) is 0 Å². The molecule has 1 unspecified atom stereocenters. The summed E-state index contributed by atoms with van der Waals surface area (Å²) in [6.07, 6.45) is 2.79. The van der Waals surface area contributed by atoms with E-state index in [1.807, 2.05) is 13.2 Å². The molecule has 1 rings (SSSR count). The van der Waals surface area contributed by atoms with Crippen molar-refractivity contribution in [2.24, 2.45) is 0 Å². The van der Waals surface area contributed by atoms with Crippen LogP contribution in [-0.4, -0.2) is 35.2 Å². The molecule has 0 spiro atoms. The third-order valence-corrected chi connectivity index (χ3v) is 3.24. The highest BCUT2D eigenvalue weighted by molar-refractivity contribution is 7.98. The van der Waals surface area contributed by atoms with Crippen LogP contribution in [0, 0.1) is 5.82 Å². The number of urea groups is 1. The predicted octanol–water partition coefficient (Wildman–Crippen LogP) is 2.79. The van der Waals surface area contributed by atoms with Gasteiger partial charge in [0.25, 0.3) is 0 Å². The van der Waals surface area contributed by atoms with E-state index < -0.39 is 17.8 Å². The first-order chi connectivity index (χ1) is 9.43. The normalized spacial score (nSPS) is 11.8. The van der Waals surface area contributed by atoms with E-state index in [4.69, 9.17) is 5.11 Å². The number of hydrogen-bond donors (Lipinski definition) is 3. The fraction of sp³-hybridized carbons (Fsp3) is 0.385. The molecule has 0 heterocycles. The minimum Gasteiger partial charge on any atom is -0.478 e. The zero-order chi connectivity index (χ0) is 15.1. The average Bonchev–Trinajstić information content (AvgIpc) is 2.38. The van der Waals surface area contributed by atoms with Crippen molar-refractivity contribution in [3.8, 4) is 0 Å². The fourth-order valence-electron chi connectivity index (χ4n) is 1.55. The molecule has 0 aliphatic rings. The highest BCUT2D eigenvalue weighted by Crippen LogP contribution is 2.17. The van der Waals surface area contributed by atoms with E-state index >= 15 is 0 Å². The molecular formula is C13H17FN2O3S. The van der Waals surface area contributed by atoms with Gasteiger partial charge in [0.05, 0.1) is 11.3 Å². The summed E-state index contributed by atoms with van der Waals surface area (Å²) in [7, 11) is 0. The molecule has 0 aliphatic carbocycles. The lowest BCUT2D eigenvalue weighted by molar-refractivity contribution is 0.0697. The Kier molecular flexibility index (Phi) is 6.30. The maximum absolute atomic E-state index is 13.0. The molecule has 7 heteroatoms. The molecule has 2 amide bonds. The van der Waals surface area contributed by atoms with E-state index in [1.165, 1.54) is 6.07 Å². The van der Waals surface area contributed by atoms with Crippen LogP contribution in [0.1, 0.15) is 23.7 Å². The summed E-state index contributed by atoms with van der Waals surface area (Å²) in [5.41, 5.74) is -0.217. The SMILES string of the molecule is CSCCC(C)NC(=O)Nc1ccc(F)cc1C(=O)O. The maximum Gasteiger partial charge on any atom is 0.337 e. The van der Waals surface area contributed by atoms with E-state index in [0.717, 1.165) is 24.3 Å². The topological polar surface area (TPSA) is 78.4 Å². The molecular weight excluding hydrogens is 283 g/mol. The Morgan fingerprint density at radius 1 is 1.45 bits per heavy atom. The van der Waals surface area contributed by atoms with Gasteiger partial charge in [-0.25, -0.2) is 14.0 Å². The molecule has 110 valence electrons. The van der Waals surface area contributed by atoms with Crippen molar-refractivity contribution in [1.82, 2.24) is 5.32 Å². The van der Waals surface area contributed by atoms with E-state index in [0.29, 0.717) is 0 Å². The Hall–Kier alpha value is -1.76. The highest BCUT2D eigenvalue weighted by atomic mass is 32.2. The third kappa shape index (κ3) is 5.08. The van der Waals surface area contributed by atoms with Crippen LogP contribution in [0.2, 0.25) is 0 Å². The molecule has 1 aromatic carbocycles. The van der Waals surface area contributed by atoms with Crippen LogP contribution in [0.3, 0.4) is 0 Å². The standard InChI is InChI=1S/C13H17FN2O3S/c1-8(5-6-20-2)15-13(19)16-11-4-3-9(14)7-10(11)12(17)18/h3-4,7-8H,5-6H2,1-2H3,(H,17,18)(H2,15,16,19). The first kappa shape index (κ1) is 16.3. The van der Waals surface area contributed by atoms with E-state index in [2.05, 4.69) is 10.6 Å². The number of carboxylic acid groups (broad SMARTS) is 1. The summed E-state index contributed by atoms with van der Waals surface area (Å²) in [4.78, 5) is 22.7.